The van der Waals surface area contributed by atoms with Crippen LogP contribution >= 0.6 is 0 Å². The van der Waals surface area contributed by atoms with Gasteiger partial charge in [-0.15, -0.1) is 0 Å². The van der Waals surface area contributed by atoms with E-state index in [0.29, 0.717) is 24.8 Å². The lowest BCUT2D eigenvalue weighted by Crippen LogP contribution is -2.35. The maximum Gasteiger partial charge on any atom is 0.119 e. The molecule has 0 aliphatic heterocycles. The van der Waals surface area contributed by atoms with Crippen LogP contribution in [0.1, 0.15) is 23.5 Å². The number of aliphatic hydroxyl groups is 1. The van der Waals surface area contributed by atoms with Crippen LogP contribution in [0.4, 0.5) is 0 Å². The van der Waals surface area contributed by atoms with Gasteiger partial charge in [-0.05, 0) is 24.1 Å². The second kappa shape index (κ2) is 8.91. The van der Waals surface area contributed by atoms with Gasteiger partial charge < -0.3 is 19.9 Å². The molecule has 0 bridgehead atoms. The zero-order chi connectivity index (χ0) is 16.6. The van der Waals surface area contributed by atoms with Crippen molar-refractivity contribution in [1.29, 1.82) is 0 Å². The van der Waals surface area contributed by atoms with Crippen molar-refractivity contribution in [2.45, 2.75) is 32.4 Å². The summed E-state index contributed by atoms with van der Waals surface area (Å²) in [6, 6.07) is 7.64. The Morgan fingerprint density at radius 2 is 2.05 bits per heavy atom. The molecule has 1 atom stereocenters. The largest absolute Gasteiger partial charge is 0.491 e. The third-order valence-corrected chi connectivity index (χ3v) is 2.62. The molecular formula is C15H25NO3. The first-order valence-electron chi connectivity index (χ1n) is 8.03. The van der Waals surface area contributed by atoms with E-state index in [0.717, 1.165) is 5.56 Å². The lowest BCUT2D eigenvalue weighted by atomic mass is 10.1. The number of methoxy groups -OCH3 is 1. The number of hydrogen-bond acceptors (Lipinski definition) is 4. The molecule has 1 rings (SSSR count). The Balaban J connectivity index is 2.29. The van der Waals surface area contributed by atoms with Gasteiger partial charge in [0.1, 0.15) is 18.5 Å². The van der Waals surface area contributed by atoms with E-state index in [2.05, 4.69) is 5.32 Å². The van der Waals surface area contributed by atoms with Crippen molar-refractivity contribution in [1.82, 2.24) is 5.32 Å². The van der Waals surface area contributed by atoms with E-state index in [4.69, 9.17) is 13.6 Å². The Kier molecular flexibility index (Phi) is 5.49. The van der Waals surface area contributed by atoms with Crippen LogP contribution in [0.2, 0.25) is 0 Å². The molecule has 108 valence electrons. The zero-order valence-electron chi connectivity index (χ0n) is 14.6. The van der Waals surface area contributed by atoms with E-state index in [-0.39, 0.29) is 13.2 Å². The first kappa shape index (κ1) is 11.7. The van der Waals surface area contributed by atoms with Gasteiger partial charge >= 0.3 is 0 Å². The lowest BCUT2D eigenvalue weighted by Gasteiger charge is -2.15. The molecule has 0 fully saturated rings. The van der Waals surface area contributed by atoms with Gasteiger partial charge in [0.2, 0.25) is 0 Å². The summed E-state index contributed by atoms with van der Waals surface area (Å²) in [7, 11) is -2.34. The molecule has 0 radical (unpaired) electrons. The molecule has 4 nitrogen and oxygen atoms in total. The smallest absolute Gasteiger partial charge is 0.119 e. The Morgan fingerprint density at radius 3 is 2.68 bits per heavy atom. The second-order valence-corrected chi connectivity index (χ2v) is 4.77. The predicted octanol–water partition coefficient (Wildman–Crippen LogP) is 1.61. The number of nitrogens with one attached hydrogen (secondary N) is 1. The quantitative estimate of drug-likeness (QED) is 0.716. The van der Waals surface area contributed by atoms with Crippen LogP contribution in [-0.2, 0) is 11.2 Å². The molecule has 1 aromatic carbocycles. The van der Waals surface area contributed by atoms with Crippen LogP contribution in [0.3, 0.4) is 0 Å². The highest BCUT2D eigenvalue weighted by Gasteiger charge is 2.05. The number of ether oxygens (including phenoxy) is 2. The molecule has 0 saturated carbocycles. The van der Waals surface area contributed by atoms with E-state index < -0.39 is 13.1 Å². The zero-order valence-corrected chi connectivity index (χ0v) is 11.6. The van der Waals surface area contributed by atoms with Gasteiger partial charge in [-0.25, -0.2) is 0 Å². The highest BCUT2D eigenvalue weighted by molar-refractivity contribution is 5.27. The minimum absolute atomic E-state index is 0.149. The first-order valence-corrected chi connectivity index (χ1v) is 6.53. The molecule has 0 saturated heterocycles. The van der Waals surface area contributed by atoms with Gasteiger partial charge in [0.05, 0.1) is 10.7 Å². The van der Waals surface area contributed by atoms with E-state index in [1.54, 1.807) is 12.1 Å². The Morgan fingerprint density at radius 1 is 1.32 bits per heavy atom. The third kappa shape index (κ3) is 7.15. The van der Waals surface area contributed by atoms with Crippen LogP contribution < -0.4 is 10.1 Å². The van der Waals surface area contributed by atoms with Gasteiger partial charge in [-0.2, -0.15) is 0 Å². The van der Waals surface area contributed by atoms with Crippen LogP contribution in [-0.4, -0.2) is 44.0 Å². The average Bonchev–Trinajstić information content (AvgIpc) is 2.43. The molecule has 1 aromatic rings. The summed E-state index contributed by atoms with van der Waals surface area (Å²) >= 11 is 0. The Bertz CT molecular complexity index is 421. The van der Waals surface area contributed by atoms with E-state index >= 15 is 0 Å². The lowest BCUT2D eigenvalue weighted by molar-refractivity contribution is 0.104. The molecule has 0 spiro atoms. The van der Waals surface area contributed by atoms with Crippen molar-refractivity contribution in [2.24, 2.45) is 0 Å². The highest BCUT2D eigenvalue weighted by atomic mass is 16.5. The molecule has 1 unspecified atom stereocenters. The van der Waals surface area contributed by atoms with Crippen LogP contribution in [0.25, 0.3) is 0 Å². The molecule has 0 aliphatic rings. The van der Waals surface area contributed by atoms with Gasteiger partial charge in [0.15, 0.2) is 0 Å². The average molecular weight is 270 g/mol. The molecule has 4 heteroatoms. The second-order valence-electron chi connectivity index (χ2n) is 4.77. The monoisotopic (exact) mass is 270 g/mol. The van der Waals surface area contributed by atoms with Crippen molar-refractivity contribution >= 4 is 0 Å². The summed E-state index contributed by atoms with van der Waals surface area (Å²) in [5.41, 5.74) is 0.971. The van der Waals surface area contributed by atoms with Gasteiger partial charge in [-0.1, -0.05) is 26.0 Å². The minimum Gasteiger partial charge on any atom is -0.491 e. The maximum absolute atomic E-state index is 9.75. The van der Waals surface area contributed by atoms with Gasteiger partial charge in [0.25, 0.3) is 0 Å². The molecule has 0 aliphatic carbocycles. The Hall–Kier alpha value is -1.10. The number of aliphatic hydroxyl groups excluding tert-OH is 1. The van der Waals surface area contributed by atoms with E-state index in [9.17, 15) is 5.11 Å². The molecule has 0 heterocycles. The van der Waals surface area contributed by atoms with E-state index in [1.165, 1.54) is 0 Å². The Labute approximate surface area is 120 Å². The molecule has 0 aromatic heterocycles. The third-order valence-electron chi connectivity index (χ3n) is 2.62. The van der Waals surface area contributed by atoms with Crippen molar-refractivity contribution in [3.8, 4) is 5.75 Å². The van der Waals surface area contributed by atoms with Gasteiger partial charge in [0, 0.05) is 19.6 Å². The van der Waals surface area contributed by atoms with Crippen molar-refractivity contribution in [2.75, 3.05) is 26.8 Å². The van der Waals surface area contributed by atoms with Crippen molar-refractivity contribution in [3.63, 3.8) is 0 Å². The fourth-order valence-corrected chi connectivity index (χ4v) is 1.54. The molecule has 0 amide bonds. The summed E-state index contributed by atoms with van der Waals surface area (Å²) in [6.45, 7) is 4.89. The summed E-state index contributed by atoms with van der Waals surface area (Å²) < 4.78 is 31.1. The summed E-state index contributed by atoms with van der Waals surface area (Å²) in [4.78, 5) is 0. The topological polar surface area (TPSA) is 50.7 Å². The van der Waals surface area contributed by atoms with Crippen LogP contribution in [0.15, 0.2) is 24.3 Å². The van der Waals surface area contributed by atoms with Crippen LogP contribution in [0.5, 0.6) is 5.75 Å². The summed E-state index contributed by atoms with van der Waals surface area (Å²) in [5, 5.41) is 12.9. The highest BCUT2D eigenvalue weighted by Crippen LogP contribution is 2.12. The minimum atomic E-state index is -2.34. The standard InChI is InChI=1S/C15H25NO3/c1-12(2)16-10-14(17)11-19-15-6-4-13(5-7-15)8-9-18-3/h4-7,12,14,16-17H,8-11H2,1-3H3/i3D3. The fourth-order valence-electron chi connectivity index (χ4n) is 1.54. The maximum atomic E-state index is 9.75. The van der Waals surface area contributed by atoms with Crippen molar-refractivity contribution in [3.05, 3.63) is 29.8 Å². The SMILES string of the molecule is [2H]C([2H])([2H])OCCc1ccc(OCC(O)CNC(C)C)cc1. The summed E-state index contributed by atoms with van der Waals surface area (Å²) in [5.74, 6) is 0.670. The first-order chi connectivity index (χ1) is 10.3. The fraction of sp³-hybridized carbons (Fsp3) is 0.600. The molecular weight excluding hydrogens is 242 g/mol. The van der Waals surface area contributed by atoms with Crippen molar-refractivity contribution < 1.29 is 18.7 Å². The van der Waals surface area contributed by atoms with E-state index in [1.807, 2.05) is 26.0 Å². The molecule has 19 heavy (non-hydrogen) atoms. The van der Waals surface area contributed by atoms with Crippen LogP contribution in [0, 0.1) is 0 Å². The summed E-state index contributed by atoms with van der Waals surface area (Å²) in [6.07, 6.45) is -0.0330. The van der Waals surface area contributed by atoms with Gasteiger partial charge in [-0.3, -0.25) is 0 Å². The number of rotatable bonds is 9. The number of benzene rings is 1. The predicted molar refractivity (Wildman–Crippen MR) is 76.7 cm³/mol. The number of hydrogen-bond donors (Lipinski definition) is 2. The normalized spacial score (nSPS) is 15.7. The molecule has 2 N–H and O–H groups in total.